The molecular weight excluding hydrogens is 224 g/mol. The number of imidazole rings is 1. The molecule has 0 saturated heterocycles. The first-order valence-electron chi connectivity index (χ1n) is 6.87. The highest BCUT2D eigenvalue weighted by Gasteiger charge is 2.25. The molecule has 1 aromatic rings. The van der Waals surface area contributed by atoms with Gasteiger partial charge >= 0.3 is 0 Å². The van der Waals surface area contributed by atoms with E-state index in [1.165, 1.54) is 0 Å². The van der Waals surface area contributed by atoms with E-state index >= 15 is 0 Å². The number of aromatic nitrogens is 2. The Hall–Kier alpha value is -0.870. The van der Waals surface area contributed by atoms with Crippen LogP contribution >= 0.6 is 0 Å². The third kappa shape index (κ3) is 3.82. The second kappa shape index (κ2) is 6.34. The first-order chi connectivity index (χ1) is 8.40. The summed E-state index contributed by atoms with van der Waals surface area (Å²) >= 11 is 0. The molecule has 0 aromatic carbocycles. The van der Waals surface area contributed by atoms with Crippen molar-refractivity contribution in [3.63, 3.8) is 0 Å². The van der Waals surface area contributed by atoms with Crippen LogP contribution in [0.2, 0.25) is 0 Å². The SMILES string of the molecule is CCCn1ccnc1C(CC(C)C(C)(C)C)NN. The Morgan fingerprint density at radius 3 is 2.61 bits per heavy atom. The van der Waals surface area contributed by atoms with Gasteiger partial charge in [0.2, 0.25) is 0 Å². The summed E-state index contributed by atoms with van der Waals surface area (Å²) in [4.78, 5) is 4.46. The lowest BCUT2D eigenvalue weighted by Gasteiger charge is -2.30. The van der Waals surface area contributed by atoms with Gasteiger partial charge in [-0.1, -0.05) is 34.6 Å². The highest BCUT2D eigenvalue weighted by molar-refractivity contribution is 5.00. The fourth-order valence-corrected chi connectivity index (χ4v) is 2.02. The normalized spacial score (nSPS) is 15.7. The summed E-state index contributed by atoms with van der Waals surface area (Å²) in [7, 11) is 0. The van der Waals surface area contributed by atoms with Gasteiger partial charge in [0.15, 0.2) is 0 Å². The summed E-state index contributed by atoms with van der Waals surface area (Å²) in [6.45, 7) is 12.2. The zero-order valence-corrected chi connectivity index (χ0v) is 12.4. The van der Waals surface area contributed by atoms with Crippen LogP contribution in [0.5, 0.6) is 0 Å². The summed E-state index contributed by atoms with van der Waals surface area (Å²) < 4.78 is 2.19. The van der Waals surface area contributed by atoms with E-state index in [0.29, 0.717) is 5.92 Å². The van der Waals surface area contributed by atoms with Gasteiger partial charge in [-0.3, -0.25) is 5.84 Å². The third-order valence-corrected chi connectivity index (χ3v) is 3.79. The van der Waals surface area contributed by atoms with Gasteiger partial charge < -0.3 is 4.57 Å². The van der Waals surface area contributed by atoms with E-state index in [9.17, 15) is 0 Å². The Morgan fingerprint density at radius 1 is 1.44 bits per heavy atom. The first-order valence-corrected chi connectivity index (χ1v) is 6.87. The lowest BCUT2D eigenvalue weighted by atomic mass is 9.78. The van der Waals surface area contributed by atoms with E-state index in [0.717, 1.165) is 25.2 Å². The Morgan fingerprint density at radius 2 is 2.11 bits per heavy atom. The molecule has 1 rings (SSSR count). The third-order valence-electron chi connectivity index (χ3n) is 3.79. The number of nitrogens with one attached hydrogen (secondary N) is 1. The molecule has 4 nitrogen and oxygen atoms in total. The van der Waals surface area contributed by atoms with E-state index in [2.05, 4.69) is 49.6 Å². The predicted molar refractivity (Wildman–Crippen MR) is 75.8 cm³/mol. The van der Waals surface area contributed by atoms with E-state index < -0.39 is 0 Å². The predicted octanol–water partition coefficient (Wildman–Crippen LogP) is 2.87. The van der Waals surface area contributed by atoms with Crippen LogP contribution in [-0.4, -0.2) is 9.55 Å². The van der Waals surface area contributed by atoms with Crippen molar-refractivity contribution < 1.29 is 0 Å². The molecule has 0 aliphatic carbocycles. The number of aryl methyl sites for hydroxylation is 1. The maximum atomic E-state index is 5.72. The maximum Gasteiger partial charge on any atom is 0.127 e. The van der Waals surface area contributed by atoms with E-state index in [1.807, 2.05) is 12.4 Å². The minimum absolute atomic E-state index is 0.126. The van der Waals surface area contributed by atoms with E-state index in [4.69, 9.17) is 5.84 Å². The van der Waals surface area contributed by atoms with Crippen LogP contribution in [0.3, 0.4) is 0 Å². The van der Waals surface area contributed by atoms with Gasteiger partial charge in [-0.15, -0.1) is 0 Å². The lowest BCUT2D eigenvalue weighted by Crippen LogP contribution is -2.33. The summed E-state index contributed by atoms with van der Waals surface area (Å²) in [5.41, 5.74) is 3.21. The van der Waals surface area contributed by atoms with Crippen LogP contribution in [0.4, 0.5) is 0 Å². The van der Waals surface area contributed by atoms with Crippen LogP contribution in [0.1, 0.15) is 59.3 Å². The van der Waals surface area contributed by atoms with Crippen molar-refractivity contribution in [3.05, 3.63) is 18.2 Å². The average Bonchev–Trinajstić information content (AvgIpc) is 2.73. The second-order valence-electron chi connectivity index (χ2n) is 6.20. The summed E-state index contributed by atoms with van der Waals surface area (Å²) in [6, 6.07) is 0.126. The van der Waals surface area contributed by atoms with Crippen LogP contribution in [-0.2, 0) is 6.54 Å². The van der Waals surface area contributed by atoms with Gasteiger partial charge in [-0.25, -0.2) is 10.4 Å². The van der Waals surface area contributed by atoms with Crippen LogP contribution in [0.25, 0.3) is 0 Å². The smallest absolute Gasteiger partial charge is 0.127 e. The van der Waals surface area contributed by atoms with Crippen molar-refractivity contribution in [3.8, 4) is 0 Å². The summed E-state index contributed by atoms with van der Waals surface area (Å²) in [6.07, 6.45) is 6.00. The van der Waals surface area contributed by atoms with Crippen molar-refractivity contribution >= 4 is 0 Å². The van der Waals surface area contributed by atoms with Gasteiger partial charge in [0.05, 0.1) is 6.04 Å². The highest BCUT2D eigenvalue weighted by Crippen LogP contribution is 2.32. The van der Waals surface area contributed by atoms with Crippen molar-refractivity contribution in [1.29, 1.82) is 0 Å². The second-order valence-corrected chi connectivity index (χ2v) is 6.20. The van der Waals surface area contributed by atoms with Gasteiger partial charge in [0.25, 0.3) is 0 Å². The molecule has 1 aromatic heterocycles. The summed E-state index contributed by atoms with van der Waals surface area (Å²) in [5, 5.41) is 0. The van der Waals surface area contributed by atoms with Gasteiger partial charge in [0.1, 0.15) is 5.82 Å². The molecule has 0 aliphatic heterocycles. The van der Waals surface area contributed by atoms with Crippen LogP contribution in [0.15, 0.2) is 12.4 Å². The molecule has 0 aliphatic rings. The fraction of sp³-hybridized carbons (Fsp3) is 0.786. The van der Waals surface area contributed by atoms with E-state index in [1.54, 1.807) is 0 Å². The molecule has 2 atom stereocenters. The van der Waals surface area contributed by atoms with E-state index in [-0.39, 0.29) is 11.5 Å². The minimum Gasteiger partial charge on any atom is -0.334 e. The first kappa shape index (κ1) is 15.2. The minimum atomic E-state index is 0.126. The quantitative estimate of drug-likeness (QED) is 0.604. The van der Waals surface area contributed by atoms with Crippen molar-refractivity contribution in [2.45, 2.75) is 60.0 Å². The Labute approximate surface area is 111 Å². The molecule has 2 unspecified atom stereocenters. The lowest BCUT2D eigenvalue weighted by molar-refractivity contribution is 0.219. The Bertz CT molecular complexity index is 351. The number of hydrogen-bond acceptors (Lipinski definition) is 3. The van der Waals surface area contributed by atoms with Crippen molar-refractivity contribution in [2.75, 3.05) is 0 Å². The summed E-state index contributed by atoms with van der Waals surface area (Å²) in [5.74, 6) is 7.34. The molecule has 18 heavy (non-hydrogen) atoms. The standard InChI is InChI=1S/C14H28N4/c1-6-8-18-9-7-16-13(18)12(17-15)10-11(2)14(3,4)5/h7,9,11-12,17H,6,8,10,15H2,1-5H3. The van der Waals surface area contributed by atoms with Crippen molar-refractivity contribution in [2.24, 2.45) is 17.2 Å². The zero-order valence-electron chi connectivity index (χ0n) is 12.4. The Kier molecular flexibility index (Phi) is 5.35. The molecule has 1 heterocycles. The number of rotatable bonds is 6. The number of hydrazine groups is 1. The average molecular weight is 252 g/mol. The molecular formula is C14H28N4. The largest absolute Gasteiger partial charge is 0.334 e. The molecule has 0 bridgehead atoms. The van der Waals surface area contributed by atoms with Gasteiger partial charge in [0, 0.05) is 18.9 Å². The maximum absolute atomic E-state index is 5.72. The fourth-order valence-electron chi connectivity index (χ4n) is 2.02. The molecule has 0 spiro atoms. The number of nitrogens with zero attached hydrogens (tertiary/aromatic N) is 2. The topological polar surface area (TPSA) is 55.9 Å². The number of nitrogens with two attached hydrogens (primary N) is 1. The highest BCUT2D eigenvalue weighted by atomic mass is 15.3. The zero-order chi connectivity index (χ0) is 13.8. The van der Waals surface area contributed by atoms with Crippen LogP contribution < -0.4 is 11.3 Å². The van der Waals surface area contributed by atoms with Gasteiger partial charge in [-0.05, 0) is 24.2 Å². The molecule has 3 N–H and O–H groups in total. The number of hydrogen-bond donors (Lipinski definition) is 2. The monoisotopic (exact) mass is 252 g/mol. The molecule has 104 valence electrons. The molecule has 4 heteroatoms. The molecule has 0 fully saturated rings. The van der Waals surface area contributed by atoms with Gasteiger partial charge in [-0.2, -0.15) is 0 Å². The van der Waals surface area contributed by atoms with Crippen LogP contribution in [0, 0.1) is 11.3 Å². The molecule has 0 radical (unpaired) electrons. The molecule has 0 amide bonds. The molecule has 0 saturated carbocycles. The van der Waals surface area contributed by atoms with Crippen molar-refractivity contribution in [1.82, 2.24) is 15.0 Å². The Balaban J connectivity index is 2.80.